The molecule has 1 aromatic carbocycles. The van der Waals surface area contributed by atoms with Crippen LogP contribution >= 0.6 is 11.6 Å². The fourth-order valence-electron chi connectivity index (χ4n) is 1.30. The average molecular weight is 244 g/mol. The number of benzene rings is 1. The minimum absolute atomic E-state index is 0.464. The molecule has 16 heavy (non-hydrogen) atoms. The molecule has 0 aliphatic carbocycles. The number of hydrogen-bond acceptors (Lipinski definition) is 1. The minimum Gasteiger partial charge on any atom is -0.494 e. The van der Waals surface area contributed by atoms with Crippen molar-refractivity contribution >= 4 is 11.6 Å². The van der Waals surface area contributed by atoms with E-state index in [2.05, 4.69) is 6.92 Å². The monoisotopic (exact) mass is 243 g/mol. The Kier molecular flexibility index (Phi) is 5.61. The van der Waals surface area contributed by atoms with Crippen LogP contribution in [0.3, 0.4) is 0 Å². The van der Waals surface area contributed by atoms with Crippen molar-refractivity contribution in [1.82, 2.24) is 0 Å². The Morgan fingerprint density at radius 1 is 1.38 bits per heavy atom. The zero-order valence-corrected chi connectivity index (χ0v) is 10.5. The molecule has 0 aliphatic rings. The smallest absolute Gasteiger partial charge is 0.121 e. The molecule has 0 fully saturated rings. The molecule has 0 atom stereocenters. The number of rotatable bonds is 6. The van der Waals surface area contributed by atoms with E-state index in [4.69, 9.17) is 16.3 Å². The molecule has 1 rings (SSSR count). The first-order valence-electron chi connectivity index (χ1n) is 5.49. The van der Waals surface area contributed by atoms with Gasteiger partial charge in [-0.1, -0.05) is 31.9 Å². The SMILES string of the molecule is CCCCOc1cc(Cl)cc([C](C)CF)c1. The Balaban J connectivity index is 2.73. The molecule has 3 heteroatoms. The zero-order chi connectivity index (χ0) is 12.0. The van der Waals surface area contributed by atoms with Crippen molar-refractivity contribution < 1.29 is 9.13 Å². The molecule has 89 valence electrons. The van der Waals surface area contributed by atoms with E-state index in [1.54, 1.807) is 19.1 Å². The predicted molar refractivity (Wildman–Crippen MR) is 65.8 cm³/mol. The Labute approximate surface area is 102 Å². The van der Waals surface area contributed by atoms with Crippen LogP contribution in [0.2, 0.25) is 5.02 Å². The molecule has 0 saturated carbocycles. The lowest BCUT2D eigenvalue weighted by atomic mass is 10.0. The van der Waals surface area contributed by atoms with Gasteiger partial charge in [-0.05, 0) is 30.2 Å². The van der Waals surface area contributed by atoms with E-state index in [1.165, 1.54) is 0 Å². The molecule has 0 aliphatic heterocycles. The molecule has 1 nitrogen and oxygen atoms in total. The molecule has 1 aromatic rings. The highest BCUT2D eigenvalue weighted by Gasteiger charge is 2.08. The lowest BCUT2D eigenvalue weighted by Gasteiger charge is -2.11. The molecule has 0 bridgehead atoms. The van der Waals surface area contributed by atoms with Gasteiger partial charge in [-0.25, -0.2) is 0 Å². The number of unbranched alkanes of at least 4 members (excludes halogenated alkanes) is 1. The van der Waals surface area contributed by atoms with Gasteiger partial charge >= 0.3 is 0 Å². The summed E-state index contributed by atoms with van der Waals surface area (Å²) in [6.45, 7) is 4.06. The Bertz CT molecular complexity index is 328. The summed E-state index contributed by atoms with van der Waals surface area (Å²) in [6, 6.07) is 5.34. The highest BCUT2D eigenvalue weighted by molar-refractivity contribution is 6.30. The summed E-state index contributed by atoms with van der Waals surface area (Å²) in [5.41, 5.74) is 0.807. The molecule has 0 saturated heterocycles. The van der Waals surface area contributed by atoms with E-state index in [0.717, 1.165) is 18.4 Å². The third-order valence-electron chi connectivity index (χ3n) is 2.33. The van der Waals surface area contributed by atoms with Gasteiger partial charge in [-0.3, -0.25) is 4.39 Å². The van der Waals surface area contributed by atoms with Crippen molar-refractivity contribution in [3.05, 3.63) is 34.7 Å². The van der Waals surface area contributed by atoms with E-state index in [9.17, 15) is 4.39 Å². The van der Waals surface area contributed by atoms with Gasteiger partial charge < -0.3 is 4.74 Å². The maximum atomic E-state index is 12.5. The maximum absolute atomic E-state index is 12.5. The first kappa shape index (κ1) is 13.3. The number of ether oxygens (including phenoxy) is 1. The van der Waals surface area contributed by atoms with Crippen LogP contribution in [-0.4, -0.2) is 13.3 Å². The maximum Gasteiger partial charge on any atom is 0.121 e. The van der Waals surface area contributed by atoms with Crippen LogP contribution < -0.4 is 4.74 Å². The lowest BCUT2D eigenvalue weighted by molar-refractivity contribution is 0.309. The summed E-state index contributed by atoms with van der Waals surface area (Å²) < 4.78 is 18.1. The van der Waals surface area contributed by atoms with Crippen LogP contribution in [0.5, 0.6) is 5.75 Å². The normalized spacial score (nSPS) is 10.8. The molecule has 1 radical (unpaired) electrons. The third kappa shape index (κ3) is 4.01. The van der Waals surface area contributed by atoms with Gasteiger partial charge in [0.05, 0.1) is 13.3 Å². The van der Waals surface area contributed by atoms with Crippen molar-refractivity contribution in [3.8, 4) is 5.75 Å². The van der Waals surface area contributed by atoms with Gasteiger partial charge in [0.15, 0.2) is 0 Å². The van der Waals surface area contributed by atoms with Crippen LogP contribution in [0.1, 0.15) is 32.3 Å². The Morgan fingerprint density at radius 2 is 2.12 bits per heavy atom. The zero-order valence-electron chi connectivity index (χ0n) is 9.72. The van der Waals surface area contributed by atoms with Crippen molar-refractivity contribution in [2.75, 3.05) is 13.3 Å². The predicted octanol–water partition coefficient (Wildman–Crippen LogP) is 4.43. The number of alkyl halides is 1. The fourth-order valence-corrected chi connectivity index (χ4v) is 1.53. The van der Waals surface area contributed by atoms with E-state index >= 15 is 0 Å². The van der Waals surface area contributed by atoms with E-state index in [-0.39, 0.29) is 0 Å². The molecule has 0 aromatic heterocycles. The topological polar surface area (TPSA) is 9.23 Å². The van der Waals surface area contributed by atoms with E-state index < -0.39 is 6.67 Å². The highest BCUT2D eigenvalue weighted by Crippen LogP contribution is 2.26. The minimum atomic E-state index is -0.464. The average Bonchev–Trinajstić information content (AvgIpc) is 2.27. The standard InChI is InChI=1S/C13H17ClFO/c1-3-4-5-16-13-7-11(10(2)9-15)6-12(14)8-13/h6-8H,3-5,9H2,1-2H3. The second kappa shape index (κ2) is 6.74. The van der Waals surface area contributed by atoms with Crippen LogP contribution in [0.4, 0.5) is 4.39 Å². The van der Waals surface area contributed by atoms with Gasteiger partial charge in [0.1, 0.15) is 5.75 Å². The van der Waals surface area contributed by atoms with Crippen molar-refractivity contribution in [3.63, 3.8) is 0 Å². The summed E-state index contributed by atoms with van der Waals surface area (Å²) in [7, 11) is 0. The van der Waals surface area contributed by atoms with Crippen molar-refractivity contribution in [1.29, 1.82) is 0 Å². The third-order valence-corrected chi connectivity index (χ3v) is 2.55. The molecule has 0 amide bonds. The van der Waals surface area contributed by atoms with Crippen LogP contribution in [0.15, 0.2) is 18.2 Å². The van der Waals surface area contributed by atoms with Crippen LogP contribution in [-0.2, 0) is 0 Å². The quantitative estimate of drug-likeness (QED) is 0.672. The van der Waals surface area contributed by atoms with Gasteiger partial charge in [-0.2, -0.15) is 0 Å². The lowest BCUT2D eigenvalue weighted by Crippen LogP contribution is -2.00. The molecule has 0 unspecified atom stereocenters. The highest BCUT2D eigenvalue weighted by atomic mass is 35.5. The summed E-state index contributed by atoms with van der Waals surface area (Å²) in [4.78, 5) is 0. The van der Waals surface area contributed by atoms with Crippen molar-refractivity contribution in [2.24, 2.45) is 0 Å². The summed E-state index contributed by atoms with van der Waals surface area (Å²) in [5, 5.41) is 0.580. The van der Waals surface area contributed by atoms with Gasteiger partial charge in [0.2, 0.25) is 0 Å². The van der Waals surface area contributed by atoms with Crippen LogP contribution in [0, 0.1) is 5.92 Å². The molecule has 0 spiro atoms. The Morgan fingerprint density at radius 3 is 2.75 bits per heavy atom. The molecular weight excluding hydrogens is 227 g/mol. The van der Waals surface area contributed by atoms with Gasteiger partial charge in [0.25, 0.3) is 0 Å². The molecular formula is C13H17ClFO. The van der Waals surface area contributed by atoms with Gasteiger partial charge in [0, 0.05) is 10.9 Å². The van der Waals surface area contributed by atoms with E-state index in [1.807, 2.05) is 6.07 Å². The number of hydrogen-bond donors (Lipinski definition) is 0. The first-order valence-corrected chi connectivity index (χ1v) is 5.87. The summed E-state index contributed by atoms with van der Waals surface area (Å²) in [6.07, 6.45) is 2.09. The van der Waals surface area contributed by atoms with Crippen molar-refractivity contribution in [2.45, 2.75) is 26.7 Å². The largest absolute Gasteiger partial charge is 0.494 e. The van der Waals surface area contributed by atoms with E-state index in [0.29, 0.717) is 23.3 Å². The Hall–Kier alpha value is -0.760. The fraction of sp³-hybridized carbons (Fsp3) is 0.462. The second-order valence-electron chi connectivity index (χ2n) is 3.79. The molecule has 0 N–H and O–H groups in total. The molecule has 0 heterocycles. The second-order valence-corrected chi connectivity index (χ2v) is 4.23. The number of halogens is 2. The van der Waals surface area contributed by atoms with Crippen LogP contribution in [0.25, 0.3) is 0 Å². The van der Waals surface area contributed by atoms with Gasteiger partial charge in [-0.15, -0.1) is 0 Å². The summed E-state index contributed by atoms with van der Waals surface area (Å²) in [5.74, 6) is 1.38. The first-order chi connectivity index (χ1) is 7.67. The summed E-state index contributed by atoms with van der Waals surface area (Å²) >= 11 is 5.95.